The second kappa shape index (κ2) is 22.2. The van der Waals surface area contributed by atoms with Gasteiger partial charge in [0.25, 0.3) is 0 Å². The third-order valence-corrected chi connectivity index (χ3v) is 6.51. The second-order valence-corrected chi connectivity index (χ2v) is 9.37. The van der Waals surface area contributed by atoms with E-state index in [1.165, 1.54) is 38.5 Å². The van der Waals surface area contributed by atoms with Crippen molar-refractivity contribution in [2.75, 3.05) is 6.61 Å². The van der Waals surface area contributed by atoms with E-state index in [1.807, 2.05) is 0 Å². The summed E-state index contributed by atoms with van der Waals surface area (Å²) in [5, 5.41) is 8.04. The first-order chi connectivity index (χ1) is 12.5. The average molecular weight is 431 g/mol. The molecule has 0 fully saturated rings. The van der Waals surface area contributed by atoms with Crippen LogP contribution in [0.1, 0.15) is 122 Å². The van der Waals surface area contributed by atoms with Gasteiger partial charge in [-0.3, -0.25) is 0 Å². The first-order valence-corrected chi connectivity index (χ1v) is 12.5. The maximum atomic E-state index is 11.5. The van der Waals surface area contributed by atoms with Crippen LogP contribution in [-0.2, 0) is 10.1 Å². The molecule has 0 saturated heterocycles. The zero-order valence-electron chi connectivity index (χ0n) is 18.1. The van der Waals surface area contributed by atoms with Gasteiger partial charge in [-0.25, -0.2) is 8.42 Å². The van der Waals surface area contributed by atoms with Crippen LogP contribution >= 0.6 is 0 Å². The minimum absolute atomic E-state index is 0. The molecule has 1 unspecified atom stereocenters. The Balaban J connectivity index is 0. The third kappa shape index (κ3) is 22.0. The Morgan fingerprint density at radius 3 is 1.33 bits per heavy atom. The standard InChI is InChI=1S/C21H44O4S.K/c1-2-3-4-5-6-7-9-12-15-18-21(26(23,24)25)19-16-13-10-8-11-14-17-20-22;/h21-22H,2-20H2,1H3,(H,23,24,25);/q;+1/p-1. The molecule has 0 aliphatic carbocycles. The van der Waals surface area contributed by atoms with E-state index in [9.17, 15) is 13.0 Å². The van der Waals surface area contributed by atoms with Gasteiger partial charge >= 0.3 is 51.4 Å². The summed E-state index contributed by atoms with van der Waals surface area (Å²) in [7, 11) is -4.16. The van der Waals surface area contributed by atoms with Crippen LogP contribution in [0.3, 0.4) is 0 Å². The van der Waals surface area contributed by atoms with Crippen molar-refractivity contribution in [2.45, 2.75) is 128 Å². The predicted octanol–water partition coefficient (Wildman–Crippen LogP) is 2.94. The quantitative estimate of drug-likeness (QED) is 0.183. The minimum atomic E-state index is -4.16. The van der Waals surface area contributed by atoms with Gasteiger partial charge in [0, 0.05) is 11.9 Å². The molecule has 1 N–H and O–H groups in total. The molecular weight excluding hydrogens is 387 g/mol. The number of hydrogen-bond acceptors (Lipinski definition) is 4. The Kier molecular flexibility index (Phi) is 25.2. The summed E-state index contributed by atoms with van der Waals surface area (Å²) in [5.41, 5.74) is 0. The summed E-state index contributed by atoms with van der Waals surface area (Å²) in [6, 6.07) is 0. The molecule has 0 aliphatic heterocycles. The Bertz CT molecular complexity index is 388. The Morgan fingerprint density at radius 1 is 0.667 bits per heavy atom. The van der Waals surface area contributed by atoms with E-state index in [-0.39, 0.29) is 58.0 Å². The van der Waals surface area contributed by atoms with Gasteiger partial charge in [0.2, 0.25) is 0 Å². The van der Waals surface area contributed by atoms with Gasteiger partial charge in [-0.05, 0) is 19.3 Å². The number of aliphatic hydroxyl groups is 1. The van der Waals surface area contributed by atoms with Gasteiger partial charge in [-0.1, -0.05) is 103 Å². The van der Waals surface area contributed by atoms with Crippen LogP contribution in [-0.4, -0.2) is 29.9 Å². The van der Waals surface area contributed by atoms with Crippen LogP contribution in [0, 0.1) is 0 Å². The zero-order valence-corrected chi connectivity index (χ0v) is 22.0. The second-order valence-electron chi connectivity index (χ2n) is 7.72. The smallest absolute Gasteiger partial charge is 0.748 e. The summed E-state index contributed by atoms with van der Waals surface area (Å²) in [6.07, 6.45) is 19.0. The van der Waals surface area contributed by atoms with Crippen molar-refractivity contribution in [2.24, 2.45) is 0 Å². The molecule has 0 saturated carbocycles. The van der Waals surface area contributed by atoms with Crippen molar-refractivity contribution in [3.63, 3.8) is 0 Å². The van der Waals surface area contributed by atoms with Gasteiger partial charge in [0.1, 0.15) is 0 Å². The number of unbranched alkanes of at least 4 members (excludes halogenated alkanes) is 14. The topological polar surface area (TPSA) is 77.4 Å². The first kappa shape index (κ1) is 30.7. The molecule has 0 aromatic rings. The molecule has 0 heterocycles. The van der Waals surface area contributed by atoms with Crippen LogP contribution in [0.4, 0.5) is 0 Å². The van der Waals surface area contributed by atoms with E-state index in [0.29, 0.717) is 12.8 Å². The van der Waals surface area contributed by atoms with Crippen LogP contribution in [0.2, 0.25) is 0 Å². The van der Waals surface area contributed by atoms with Crippen LogP contribution in [0.15, 0.2) is 0 Å². The molecule has 1 atom stereocenters. The molecule has 0 aromatic heterocycles. The Labute approximate surface area is 211 Å². The largest absolute Gasteiger partial charge is 1.00 e. The van der Waals surface area contributed by atoms with Crippen LogP contribution < -0.4 is 51.4 Å². The number of rotatable bonds is 20. The van der Waals surface area contributed by atoms with E-state index in [2.05, 4.69) is 6.92 Å². The molecule has 0 aromatic carbocycles. The minimum Gasteiger partial charge on any atom is -0.748 e. The SMILES string of the molecule is CCCCCCCCCCCC(CCCCCCCCCO)S(=O)(=O)[O-].[K+]. The fourth-order valence-electron chi connectivity index (χ4n) is 3.48. The van der Waals surface area contributed by atoms with E-state index in [0.717, 1.165) is 64.2 Å². The predicted molar refractivity (Wildman–Crippen MR) is 109 cm³/mol. The molecular formula is C21H43KO4S. The van der Waals surface area contributed by atoms with Crippen molar-refractivity contribution < 1.29 is 69.5 Å². The molecule has 6 heteroatoms. The zero-order chi connectivity index (χ0) is 19.5. The van der Waals surface area contributed by atoms with Gasteiger partial charge < -0.3 is 9.66 Å². The fourth-order valence-corrected chi connectivity index (χ4v) is 4.39. The third-order valence-electron chi connectivity index (χ3n) is 5.22. The Morgan fingerprint density at radius 2 is 1.00 bits per heavy atom. The monoisotopic (exact) mass is 430 g/mol. The van der Waals surface area contributed by atoms with Gasteiger partial charge in [-0.2, -0.15) is 0 Å². The molecule has 0 radical (unpaired) electrons. The van der Waals surface area contributed by atoms with Crippen molar-refractivity contribution in [1.82, 2.24) is 0 Å². The maximum absolute atomic E-state index is 11.5. The first-order valence-electron chi connectivity index (χ1n) is 11.1. The molecule has 0 amide bonds. The van der Waals surface area contributed by atoms with Gasteiger partial charge in [0.15, 0.2) is 0 Å². The molecule has 158 valence electrons. The summed E-state index contributed by atoms with van der Waals surface area (Å²) in [6.45, 7) is 2.49. The fraction of sp³-hybridized carbons (Fsp3) is 1.00. The van der Waals surface area contributed by atoms with Crippen molar-refractivity contribution in [3.8, 4) is 0 Å². The Hall–Kier alpha value is 1.51. The van der Waals surface area contributed by atoms with Gasteiger partial charge in [-0.15, -0.1) is 0 Å². The molecule has 0 bridgehead atoms. The molecule has 4 nitrogen and oxygen atoms in total. The van der Waals surface area contributed by atoms with Crippen LogP contribution in [0.25, 0.3) is 0 Å². The van der Waals surface area contributed by atoms with E-state index in [4.69, 9.17) is 5.11 Å². The molecule has 0 aliphatic rings. The van der Waals surface area contributed by atoms with Crippen molar-refractivity contribution in [3.05, 3.63) is 0 Å². The molecule has 0 spiro atoms. The van der Waals surface area contributed by atoms with E-state index >= 15 is 0 Å². The summed E-state index contributed by atoms with van der Waals surface area (Å²) in [5.74, 6) is 0. The maximum Gasteiger partial charge on any atom is 1.00 e. The summed E-state index contributed by atoms with van der Waals surface area (Å²) in [4.78, 5) is 0. The van der Waals surface area contributed by atoms with Crippen LogP contribution in [0.5, 0.6) is 0 Å². The summed E-state index contributed by atoms with van der Waals surface area (Å²) < 4.78 is 34.4. The molecule has 0 rings (SSSR count). The van der Waals surface area contributed by atoms with E-state index < -0.39 is 15.4 Å². The molecule has 27 heavy (non-hydrogen) atoms. The van der Waals surface area contributed by atoms with Crippen molar-refractivity contribution >= 4 is 10.1 Å². The van der Waals surface area contributed by atoms with E-state index in [1.54, 1.807) is 0 Å². The number of aliphatic hydroxyl groups excluding tert-OH is 1. The van der Waals surface area contributed by atoms with Crippen molar-refractivity contribution in [1.29, 1.82) is 0 Å². The number of hydrogen-bond donors (Lipinski definition) is 1. The normalized spacial score (nSPS) is 12.7. The summed E-state index contributed by atoms with van der Waals surface area (Å²) >= 11 is 0. The average Bonchev–Trinajstić information content (AvgIpc) is 2.59. The van der Waals surface area contributed by atoms with Gasteiger partial charge in [0.05, 0.1) is 10.1 Å².